The van der Waals surface area contributed by atoms with E-state index in [0.29, 0.717) is 16.9 Å². The summed E-state index contributed by atoms with van der Waals surface area (Å²) in [7, 11) is 0. The molecule has 0 fully saturated rings. The first-order chi connectivity index (χ1) is 9.81. The SMILES string of the molecule is Cc1nc2c(cnn2C(C)C)cc1C(=O)N[C@@H](C)C(=O)O. The summed E-state index contributed by atoms with van der Waals surface area (Å²) in [6.45, 7) is 7.13. The Hall–Kier alpha value is -2.44. The summed E-state index contributed by atoms with van der Waals surface area (Å²) in [5.74, 6) is -1.53. The molecule has 0 aliphatic heterocycles. The van der Waals surface area contributed by atoms with Crippen molar-refractivity contribution in [3.05, 3.63) is 23.5 Å². The fourth-order valence-corrected chi connectivity index (χ4v) is 2.01. The Morgan fingerprint density at radius 1 is 1.33 bits per heavy atom. The number of amides is 1. The van der Waals surface area contributed by atoms with Gasteiger partial charge in [-0.1, -0.05) is 0 Å². The number of nitrogens with zero attached hydrogens (tertiary/aromatic N) is 3. The highest BCUT2D eigenvalue weighted by atomic mass is 16.4. The van der Waals surface area contributed by atoms with Crippen LogP contribution in [0, 0.1) is 6.92 Å². The number of carbonyl (C=O) groups excluding carboxylic acids is 1. The summed E-state index contributed by atoms with van der Waals surface area (Å²) in [4.78, 5) is 27.3. The topological polar surface area (TPSA) is 97.1 Å². The minimum absolute atomic E-state index is 0.168. The zero-order valence-corrected chi connectivity index (χ0v) is 12.4. The Labute approximate surface area is 122 Å². The van der Waals surface area contributed by atoms with Crippen LogP contribution in [0.3, 0.4) is 0 Å². The molecule has 2 aromatic rings. The Morgan fingerprint density at radius 3 is 2.57 bits per heavy atom. The van der Waals surface area contributed by atoms with E-state index in [1.54, 1.807) is 23.9 Å². The van der Waals surface area contributed by atoms with Crippen molar-refractivity contribution in [2.75, 3.05) is 0 Å². The molecule has 0 aliphatic carbocycles. The van der Waals surface area contributed by atoms with Crippen LogP contribution in [0.4, 0.5) is 0 Å². The van der Waals surface area contributed by atoms with Crippen molar-refractivity contribution >= 4 is 22.9 Å². The van der Waals surface area contributed by atoms with Gasteiger partial charge in [-0.2, -0.15) is 5.10 Å². The van der Waals surface area contributed by atoms with Gasteiger partial charge in [-0.25, -0.2) is 9.67 Å². The van der Waals surface area contributed by atoms with E-state index < -0.39 is 17.9 Å². The van der Waals surface area contributed by atoms with Gasteiger partial charge >= 0.3 is 5.97 Å². The molecule has 7 nitrogen and oxygen atoms in total. The van der Waals surface area contributed by atoms with Crippen molar-refractivity contribution in [2.24, 2.45) is 0 Å². The van der Waals surface area contributed by atoms with E-state index in [2.05, 4.69) is 15.4 Å². The highest BCUT2D eigenvalue weighted by Crippen LogP contribution is 2.19. The number of aromatic nitrogens is 3. The molecule has 2 rings (SSSR count). The Bertz CT molecular complexity index is 706. The average molecular weight is 290 g/mol. The molecule has 0 saturated carbocycles. The molecule has 2 heterocycles. The zero-order chi connectivity index (χ0) is 15.7. The number of aryl methyl sites for hydroxylation is 1. The predicted octanol–water partition coefficient (Wildman–Crippen LogP) is 1.52. The third kappa shape index (κ3) is 2.86. The normalized spacial score (nSPS) is 12.6. The molecule has 0 aliphatic rings. The molecule has 0 aromatic carbocycles. The van der Waals surface area contributed by atoms with Crippen LogP contribution in [0.25, 0.3) is 11.0 Å². The number of hydrogen-bond donors (Lipinski definition) is 2. The molecule has 1 amide bonds. The lowest BCUT2D eigenvalue weighted by Gasteiger charge is -2.11. The number of carbonyl (C=O) groups is 2. The summed E-state index contributed by atoms with van der Waals surface area (Å²) in [6.07, 6.45) is 1.65. The van der Waals surface area contributed by atoms with Gasteiger partial charge in [-0.3, -0.25) is 9.59 Å². The van der Waals surface area contributed by atoms with Crippen LogP contribution in [0.5, 0.6) is 0 Å². The second-order valence-electron chi connectivity index (χ2n) is 5.25. The molecule has 112 valence electrons. The first-order valence-electron chi connectivity index (χ1n) is 6.69. The predicted molar refractivity (Wildman–Crippen MR) is 77.2 cm³/mol. The molecule has 0 saturated heterocycles. The first kappa shape index (κ1) is 15.0. The number of aliphatic carboxylic acids is 1. The molecule has 0 radical (unpaired) electrons. The fourth-order valence-electron chi connectivity index (χ4n) is 2.01. The standard InChI is InChI=1S/C14H18N4O3/c1-7(2)18-12-10(6-15-18)5-11(8(3)16-12)13(19)17-9(4)14(20)21/h5-7,9H,1-4H3,(H,17,19)(H,20,21)/t9-/m0/s1. The highest BCUT2D eigenvalue weighted by Gasteiger charge is 2.19. The van der Waals surface area contributed by atoms with Gasteiger partial charge in [0, 0.05) is 11.4 Å². The maximum atomic E-state index is 12.1. The minimum atomic E-state index is -1.08. The highest BCUT2D eigenvalue weighted by molar-refractivity contribution is 5.99. The summed E-state index contributed by atoms with van der Waals surface area (Å²) in [6, 6.07) is 0.903. The third-order valence-electron chi connectivity index (χ3n) is 3.21. The van der Waals surface area contributed by atoms with Gasteiger partial charge in [0.25, 0.3) is 5.91 Å². The second-order valence-corrected chi connectivity index (χ2v) is 5.25. The number of pyridine rings is 1. The molecule has 0 spiro atoms. The minimum Gasteiger partial charge on any atom is -0.480 e. The van der Waals surface area contributed by atoms with Crippen molar-refractivity contribution in [1.29, 1.82) is 0 Å². The van der Waals surface area contributed by atoms with Crippen LogP contribution in [0.15, 0.2) is 12.3 Å². The summed E-state index contributed by atoms with van der Waals surface area (Å²) in [5.41, 5.74) is 1.62. The zero-order valence-electron chi connectivity index (χ0n) is 12.4. The lowest BCUT2D eigenvalue weighted by molar-refractivity contribution is -0.138. The average Bonchev–Trinajstić information content (AvgIpc) is 2.80. The molecule has 0 bridgehead atoms. The Kier molecular flexibility index (Phi) is 3.93. The van der Waals surface area contributed by atoms with E-state index in [4.69, 9.17) is 5.11 Å². The van der Waals surface area contributed by atoms with Crippen LogP contribution in [-0.4, -0.2) is 37.8 Å². The molecule has 21 heavy (non-hydrogen) atoms. The third-order valence-corrected chi connectivity index (χ3v) is 3.21. The summed E-state index contributed by atoms with van der Waals surface area (Å²) >= 11 is 0. The number of nitrogens with one attached hydrogen (secondary N) is 1. The van der Waals surface area contributed by atoms with Crippen molar-refractivity contribution < 1.29 is 14.7 Å². The smallest absolute Gasteiger partial charge is 0.325 e. The quantitative estimate of drug-likeness (QED) is 0.889. The van der Waals surface area contributed by atoms with Crippen LogP contribution < -0.4 is 5.32 Å². The second kappa shape index (κ2) is 5.51. The summed E-state index contributed by atoms with van der Waals surface area (Å²) < 4.78 is 1.78. The number of carboxylic acids is 1. The van der Waals surface area contributed by atoms with Gasteiger partial charge in [-0.15, -0.1) is 0 Å². The lowest BCUT2D eigenvalue weighted by atomic mass is 10.1. The largest absolute Gasteiger partial charge is 0.480 e. The van der Waals surface area contributed by atoms with Gasteiger partial charge in [0.2, 0.25) is 0 Å². The van der Waals surface area contributed by atoms with E-state index >= 15 is 0 Å². The van der Waals surface area contributed by atoms with Crippen molar-refractivity contribution in [3.63, 3.8) is 0 Å². The van der Waals surface area contributed by atoms with Crippen molar-refractivity contribution in [3.8, 4) is 0 Å². The number of fused-ring (bicyclic) bond motifs is 1. The molecule has 0 unspecified atom stereocenters. The van der Waals surface area contributed by atoms with E-state index in [9.17, 15) is 9.59 Å². The maximum absolute atomic E-state index is 12.1. The summed E-state index contributed by atoms with van der Waals surface area (Å²) in [5, 5.41) is 16.3. The first-order valence-corrected chi connectivity index (χ1v) is 6.69. The molecule has 2 aromatic heterocycles. The molecule has 2 N–H and O–H groups in total. The van der Waals surface area contributed by atoms with Crippen LogP contribution in [0.1, 0.15) is 42.9 Å². The molecule has 1 atom stereocenters. The van der Waals surface area contributed by atoms with E-state index in [-0.39, 0.29) is 6.04 Å². The number of hydrogen-bond acceptors (Lipinski definition) is 4. The van der Waals surface area contributed by atoms with Gasteiger partial charge in [0.15, 0.2) is 5.65 Å². The van der Waals surface area contributed by atoms with E-state index in [0.717, 1.165) is 5.39 Å². The van der Waals surface area contributed by atoms with Gasteiger partial charge in [0.05, 0.1) is 17.5 Å². The van der Waals surface area contributed by atoms with Gasteiger partial charge in [-0.05, 0) is 33.8 Å². The number of rotatable bonds is 4. The van der Waals surface area contributed by atoms with Crippen LogP contribution in [0.2, 0.25) is 0 Å². The number of carboxylic acid groups (broad SMARTS) is 1. The molecular weight excluding hydrogens is 272 g/mol. The Morgan fingerprint density at radius 2 is 2.00 bits per heavy atom. The van der Waals surface area contributed by atoms with Gasteiger partial charge in [0.1, 0.15) is 6.04 Å². The van der Waals surface area contributed by atoms with Crippen LogP contribution >= 0.6 is 0 Å². The monoisotopic (exact) mass is 290 g/mol. The Balaban J connectivity index is 2.40. The maximum Gasteiger partial charge on any atom is 0.325 e. The van der Waals surface area contributed by atoms with Crippen molar-refractivity contribution in [1.82, 2.24) is 20.1 Å². The van der Waals surface area contributed by atoms with Crippen molar-refractivity contribution in [2.45, 2.75) is 39.8 Å². The molecular formula is C14H18N4O3. The van der Waals surface area contributed by atoms with E-state index in [1.807, 2.05) is 13.8 Å². The lowest BCUT2D eigenvalue weighted by Crippen LogP contribution is -2.38. The van der Waals surface area contributed by atoms with E-state index in [1.165, 1.54) is 6.92 Å². The van der Waals surface area contributed by atoms with Crippen LogP contribution in [-0.2, 0) is 4.79 Å². The van der Waals surface area contributed by atoms with Gasteiger partial charge < -0.3 is 10.4 Å². The molecule has 7 heteroatoms. The fraction of sp³-hybridized carbons (Fsp3) is 0.429.